The van der Waals surface area contributed by atoms with E-state index in [1.165, 1.54) is 5.56 Å². The molecule has 0 radical (unpaired) electrons. The zero-order valence-corrected chi connectivity index (χ0v) is 12.8. The molecule has 2 aromatic rings. The molecule has 5 nitrogen and oxygen atoms in total. The Hall–Kier alpha value is -2.01. The Labute approximate surface area is 126 Å². The van der Waals surface area contributed by atoms with E-state index in [4.69, 9.17) is 0 Å². The first-order valence-electron chi connectivity index (χ1n) is 7.49. The van der Waals surface area contributed by atoms with Gasteiger partial charge in [-0.2, -0.15) is 0 Å². The standard InChI is InChI=1S/C16H23N5/c1-3-7-18-10-15-11-20-16(12-19-15)21(4-2)13-14-5-8-17-9-6-14/h5-6,8-9,11-12,18H,3-4,7,10,13H2,1-2H3. The number of hydrogen-bond donors (Lipinski definition) is 1. The summed E-state index contributed by atoms with van der Waals surface area (Å²) < 4.78 is 0. The van der Waals surface area contributed by atoms with Gasteiger partial charge in [0, 0.05) is 32.0 Å². The summed E-state index contributed by atoms with van der Waals surface area (Å²) in [6.07, 6.45) is 8.47. The number of hydrogen-bond acceptors (Lipinski definition) is 5. The van der Waals surface area contributed by atoms with Gasteiger partial charge in [0.15, 0.2) is 0 Å². The number of anilines is 1. The van der Waals surface area contributed by atoms with Crippen LogP contribution in [0.3, 0.4) is 0 Å². The van der Waals surface area contributed by atoms with Gasteiger partial charge >= 0.3 is 0 Å². The minimum atomic E-state index is 0.775. The second-order valence-electron chi connectivity index (χ2n) is 4.91. The molecule has 0 unspecified atom stereocenters. The van der Waals surface area contributed by atoms with Gasteiger partial charge < -0.3 is 10.2 Å². The van der Waals surface area contributed by atoms with E-state index in [2.05, 4.69) is 39.0 Å². The molecule has 0 atom stereocenters. The Bertz CT molecular complexity index is 512. The van der Waals surface area contributed by atoms with Crippen LogP contribution in [0.15, 0.2) is 36.9 Å². The van der Waals surface area contributed by atoms with Gasteiger partial charge in [-0.25, -0.2) is 4.98 Å². The van der Waals surface area contributed by atoms with Crippen LogP contribution in [0.4, 0.5) is 5.82 Å². The van der Waals surface area contributed by atoms with Crippen LogP contribution in [0.5, 0.6) is 0 Å². The quantitative estimate of drug-likeness (QED) is 0.755. The lowest BCUT2D eigenvalue weighted by atomic mass is 10.2. The first-order chi connectivity index (χ1) is 10.3. The fraction of sp³-hybridized carbons (Fsp3) is 0.438. The summed E-state index contributed by atoms with van der Waals surface area (Å²) in [6.45, 7) is 7.77. The fourth-order valence-corrected chi connectivity index (χ4v) is 2.06. The molecule has 0 aliphatic heterocycles. The Morgan fingerprint density at radius 3 is 2.52 bits per heavy atom. The summed E-state index contributed by atoms with van der Waals surface area (Å²) in [7, 11) is 0. The lowest BCUT2D eigenvalue weighted by Gasteiger charge is -2.21. The average Bonchev–Trinajstić information content (AvgIpc) is 2.55. The smallest absolute Gasteiger partial charge is 0.147 e. The maximum atomic E-state index is 4.53. The van der Waals surface area contributed by atoms with E-state index in [0.29, 0.717) is 0 Å². The van der Waals surface area contributed by atoms with E-state index in [1.807, 2.05) is 36.9 Å². The molecular formula is C16H23N5. The lowest BCUT2D eigenvalue weighted by Crippen LogP contribution is -2.23. The average molecular weight is 285 g/mol. The van der Waals surface area contributed by atoms with Crippen LogP contribution in [-0.4, -0.2) is 28.0 Å². The molecule has 2 aromatic heterocycles. The topological polar surface area (TPSA) is 53.9 Å². The highest BCUT2D eigenvalue weighted by molar-refractivity contribution is 5.37. The van der Waals surface area contributed by atoms with Crippen LogP contribution in [-0.2, 0) is 13.1 Å². The van der Waals surface area contributed by atoms with Gasteiger partial charge in [-0.05, 0) is 37.6 Å². The summed E-state index contributed by atoms with van der Waals surface area (Å²) >= 11 is 0. The Morgan fingerprint density at radius 1 is 1.10 bits per heavy atom. The van der Waals surface area contributed by atoms with E-state index in [9.17, 15) is 0 Å². The second kappa shape index (κ2) is 8.32. The molecule has 0 aliphatic rings. The van der Waals surface area contributed by atoms with Crippen LogP contribution in [0.1, 0.15) is 31.5 Å². The van der Waals surface area contributed by atoms with Crippen LogP contribution in [0.25, 0.3) is 0 Å². The predicted molar refractivity (Wildman–Crippen MR) is 85.0 cm³/mol. The highest BCUT2D eigenvalue weighted by atomic mass is 15.2. The summed E-state index contributed by atoms with van der Waals surface area (Å²) in [4.78, 5) is 15.3. The van der Waals surface area contributed by atoms with Crippen molar-refractivity contribution in [3.8, 4) is 0 Å². The monoisotopic (exact) mass is 285 g/mol. The van der Waals surface area contributed by atoms with E-state index in [-0.39, 0.29) is 0 Å². The molecule has 0 aromatic carbocycles. The summed E-state index contributed by atoms with van der Waals surface area (Å²) in [5, 5.41) is 3.33. The van der Waals surface area contributed by atoms with Crippen molar-refractivity contribution in [3.63, 3.8) is 0 Å². The Kier molecular flexibility index (Phi) is 6.09. The summed E-state index contributed by atoms with van der Waals surface area (Å²) in [6, 6.07) is 4.05. The van der Waals surface area contributed by atoms with Crippen LogP contribution in [0.2, 0.25) is 0 Å². The van der Waals surface area contributed by atoms with E-state index < -0.39 is 0 Å². The molecule has 2 heterocycles. The maximum Gasteiger partial charge on any atom is 0.147 e. The van der Waals surface area contributed by atoms with Gasteiger partial charge in [0.05, 0.1) is 18.1 Å². The Morgan fingerprint density at radius 2 is 1.90 bits per heavy atom. The highest BCUT2D eigenvalue weighted by Gasteiger charge is 2.07. The minimum absolute atomic E-state index is 0.775. The molecule has 0 spiro atoms. The zero-order chi connectivity index (χ0) is 14.9. The number of nitrogens with one attached hydrogen (secondary N) is 1. The van der Waals surface area contributed by atoms with Gasteiger partial charge in [0.2, 0.25) is 0 Å². The maximum absolute atomic E-state index is 4.53. The molecule has 0 aliphatic carbocycles. The highest BCUT2D eigenvalue weighted by Crippen LogP contribution is 2.12. The predicted octanol–water partition coefficient (Wildman–Crippen LogP) is 2.40. The molecule has 5 heteroatoms. The molecule has 112 valence electrons. The van der Waals surface area contributed by atoms with Crippen molar-refractivity contribution in [3.05, 3.63) is 48.2 Å². The summed E-state index contributed by atoms with van der Waals surface area (Å²) in [5.74, 6) is 0.911. The first-order valence-corrected chi connectivity index (χ1v) is 7.49. The summed E-state index contributed by atoms with van der Waals surface area (Å²) in [5.41, 5.74) is 2.20. The number of pyridine rings is 1. The number of rotatable bonds is 8. The first kappa shape index (κ1) is 15.4. The molecular weight excluding hydrogens is 262 g/mol. The molecule has 2 rings (SSSR count). The van der Waals surface area contributed by atoms with Crippen molar-refractivity contribution in [2.75, 3.05) is 18.0 Å². The van der Waals surface area contributed by atoms with Crippen molar-refractivity contribution in [2.45, 2.75) is 33.4 Å². The third-order valence-electron chi connectivity index (χ3n) is 3.25. The third-order valence-corrected chi connectivity index (χ3v) is 3.25. The lowest BCUT2D eigenvalue weighted by molar-refractivity contribution is 0.661. The minimum Gasteiger partial charge on any atom is -0.351 e. The van der Waals surface area contributed by atoms with Gasteiger partial charge in [0.25, 0.3) is 0 Å². The van der Waals surface area contributed by atoms with E-state index in [1.54, 1.807) is 0 Å². The Balaban J connectivity index is 1.98. The van der Waals surface area contributed by atoms with Crippen LogP contribution >= 0.6 is 0 Å². The second-order valence-corrected chi connectivity index (χ2v) is 4.91. The normalized spacial score (nSPS) is 10.6. The molecule has 0 saturated carbocycles. The van der Waals surface area contributed by atoms with Crippen molar-refractivity contribution >= 4 is 5.82 Å². The van der Waals surface area contributed by atoms with E-state index >= 15 is 0 Å². The molecule has 21 heavy (non-hydrogen) atoms. The van der Waals surface area contributed by atoms with Crippen molar-refractivity contribution in [1.82, 2.24) is 20.3 Å². The van der Waals surface area contributed by atoms with Crippen molar-refractivity contribution in [2.24, 2.45) is 0 Å². The van der Waals surface area contributed by atoms with Gasteiger partial charge in [-0.1, -0.05) is 6.92 Å². The number of aromatic nitrogens is 3. The van der Waals surface area contributed by atoms with Crippen molar-refractivity contribution < 1.29 is 0 Å². The molecule has 0 saturated heterocycles. The molecule has 0 amide bonds. The van der Waals surface area contributed by atoms with Gasteiger partial charge in [-0.3, -0.25) is 9.97 Å². The largest absolute Gasteiger partial charge is 0.351 e. The fourth-order valence-electron chi connectivity index (χ4n) is 2.06. The van der Waals surface area contributed by atoms with Gasteiger partial charge in [-0.15, -0.1) is 0 Å². The van der Waals surface area contributed by atoms with Gasteiger partial charge in [0.1, 0.15) is 5.82 Å². The molecule has 0 bridgehead atoms. The zero-order valence-electron chi connectivity index (χ0n) is 12.8. The third kappa shape index (κ3) is 4.79. The SMILES string of the molecule is CCCNCc1cnc(N(CC)Cc2ccncc2)cn1. The molecule has 1 N–H and O–H groups in total. The molecule has 0 fully saturated rings. The van der Waals surface area contributed by atoms with E-state index in [0.717, 1.165) is 44.1 Å². The number of nitrogens with zero attached hydrogens (tertiary/aromatic N) is 4. The van der Waals surface area contributed by atoms with Crippen LogP contribution in [0, 0.1) is 0 Å². The van der Waals surface area contributed by atoms with Crippen LogP contribution < -0.4 is 10.2 Å². The van der Waals surface area contributed by atoms with Crippen molar-refractivity contribution in [1.29, 1.82) is 0 Å².